The molecule has 1 aromatic heterocycles. The summed E-state index contributed by atoms with van der Waals surface area (Å²) >= 11 is 1.13. The molecule has 2 unspecified atom stereocenters. The van der Waals surface area contributed by atoms with Crippen molar-refractivity contribution >= 4 is 23.4 Å². The number of para-hydroxylation sites is 2. The molecule has 0 aliphatic heterocycles. The predicted molar refractivity (Wildman–Crippen MR) is 118 cm³/mol. The first-order chi connectivity index (χ1) is 15.6. The Morgan fingerprint density at radius 3 is 2.45 bits per heavy atom. The summed E-state index contributed by atoms with van der Waals surface area (Å²) in [7, 11) is 3.30. The smallest absolute Gasteiger partial charge is 0.416 e. The summed E-state index contributed by atoms with van der Waals surface area (Å²) < 4.78 is 51.6. The van der Waals surface area contributed by atoms with Gasteiger partial charge < -0.3 is 19.4 Å². The van der Waals surface area contributed by atoms with Gasteiger partial charge in [-0.05, 0) is 44.2 Å². The Hall–Kier alpha value is -3.21. The molecule has 0 saturated heterocycles. The van der Waals surface area contributed by atoms with Gasteiger partial charge in [0, 0.05) is 12.7 Å². The molecule has 0 aliphatic carbocycles. The topological polar surface area (TPSA) is 78.3 Å². The van der Waals surface area contributed by atoms with Gasteiger partial charge in [-0.25, -0.2) is 0 Å². The summed E-state index contributed by atoms with van der Waals surface area (Å²) in [6, 6.07) is 11.7. The van der Waals surface area contributed by atoms with Gasteiger partial charge >= 0.3 is 6.18 Å². The Labute approximate surface area is 193 Å². The van der Waals surface area contributed by atoms with Crippen LogP contribution in [0.3, 0.4) is 0 Å². The van der Waals surface area contributed by atoms with E-state index in [2.05, 4.69) is 15.5 Å². The number of halogens is 3. The van der Waals surface area contributed by atoms with Gasteiger partial charge in [0.2, 0.25) is 5.91 Å². The van der Waals surface area contributed by atoms with Crippen LogP contribution in [-0.2, 0) is 18.0 Å². The molecule has 0 saturated carbocycles. The summed E-state index contributed by atoms with van der Waals surface area (Å²) in [5.74, 6) is 1.22. The first-order valence-electron chi connectivity index (χ1n) is 9.94. The number of alkyl halides is 3. The van der Waals surface area contributed by atoms with Crippen LogP contribution in [0, 0.1) is 0 Å². The van der Waals surface area contributed by atoms with E-state index in [1.807, 2.05) is 19.1 Å². The molecule has 0 bridgehead atoms. The zero-order valence-corrected chi connectivity index (χ0v) is 19.2. The van der Waals surface area contributed by atoms with E-state index >= 15 is 0 Å². The molecular formula is C22H23F3N4O3S. The van der Waals surface area contributed by atoms with Crippen LogP contribution in [-0.4, -0.2) is 33.0 Å². The highest BCUT2D eigenvalue weighted by Crippen LogP contribution is 2.32. The number of carbonyl (C=O) groups excluding carboxylic acids is 1. The van der Waals surface area contributed by atoms with Gasteiger partial charge in [-0.2, -0.15) is 13.2 Å². The molecular weight excluding hydrogens is 457 g/mol. The number of rotatable bonds is 8. The van der Waals surface area contributed by atoms with Crippen molar-refractivity contribution in [1.29, 1.82) is 0 Å². The Bertz CT molecular complexity index is 1120. The third-order valence-electron chi connectivity index (χ3n) is 4.71. The van der Waals surface area contributed by atoms with E-state index in [0.29, 0.717) is 22.5 Å². The second-order valence-corrected chi connectivity index (χ2v) is 8.45. The normalized spacial score (nSPS) is 13.3. The number of methoxy groups -OCH3 is 1. The molecule has 1 N–H and O–H groups in total. The molecule has 0 fully saturated rings. The fourth-order valence-electron chi connectivity index (χ4n) is 2.97. The van der Waals surface area contributed by atoms with E-state index in [4.69, 9.17) is 9.47 Å². The van der Waals surface area contributed by atoms with Gasteiger partial charge in [-0.3, -0.25) is 4.79 Å². The molecule has 3 aromatic rings. The van der Waals surface area contributed by atoms with Crippen molar-refractivity contribution in [3.05, 3.63) is 59.9 Å². The maximum atomic E-state index is 12.9. The number of nitrogens with one attached hydrogen (secondary N) is 1. The van der Waals surface area contributed by atoms with Crippen LogP contribution in [0.4, 0.5) is 18.9 Å². The molecule has 1 heterocycles. The van der Waals surface area contributed by atoms with Gasteiger partial charge in [0.15, 0.2) is 28.6 Å². The second kappa shape index (κ2) is 10.2. The largest absolute Gasteiger partial charge is 0.493 e. The summed E-state index contributed by atoms with van der Waals surface area (Å²) in [6.07, 6.45) is -4.94. The highest BCUT2D eigenvalue weighted by molar-refractivity contribution is 8.00. The molecule has 3 rings (SSSR count). The first kappa shape index (κ1) is 24.4. The van der Waals surface area contributed by atoms with Crippen molar-refractivity contribution in [2.45, 2.75) is 36.5 Å². The number of carbonyl (C=O) groups is 1. The Morgan fingerprint density at radius 2 is 1.79 bits per heavy atom. The maximum Gasteiger partial charge on any atom is 0.416 e. The number of thioether (sulfide) groups is 1. The summed E-state index contributed by atoms with van der Waals surface area (Å²) in [6.45, 7) is 3.45. The molecule has 1 amide bonds. The van der Waals surface area contributed by atoms with E-state index in [1.54, 1.807) is 37.8 Å². The summed E-state index contributed by atoms with van der Waals surface area (Å²) in [5.41, 5.74) is -0.762. The SMILES string of the molecule is COc1ccccc1OC(C)c1nnc(SC(C)C(=O)Nc2cccc(C(F)(F)F)c2)n1C. The van der Waals surface area contributed by atoms with Crippen molar-refractivity contribution in [2.75, 3.05) is 12.4 Å². The highest BCUT2D eigenvalue weighted by Gasteiger charge is 2.30. The van der Waals surface area contributed by atoms with Crippen LogP contribution in [0.5, 0.6) is 11.5 Å². The zero-order chi connectivity index (χ0) is 24.2. The maximum absolute atomic E-state index is 12.9. The monoisotopic (exact) mass is 480 g/mol. The van der Waals surface area contributed by atoms with Crippen LogP contribution in [0.25, 0.3) is 0 Å². The number of amides is 1. The summed E-state index contributed by atoms with van der Waals surface area (Å²) in [5, 5.41) is 10.6. The molecule has 7 nitrogen and oxygen atoms in total. The van der Waals surface area contributed by atoms with Crippen LogP contribution < -0.4 is 14.8 Å². The van der Waals surface area contributed by atoms with Crippen LogP contribution >= 0.6 is 11.8 Å². The highest BCUT2D eigenvalue weighted by atomic mass is 32.2. The third kappa shape index (κ3) is 5.98. The fourth-order valence-corrected chi connectivity index (χ4v) is 3.79. The van der Waals surface area contributed by atoms with Crippen molar-refractivity contribution in [3.8, 4) is 11.5 Å². The number of aromatic nitrogens is 3. The molecule has 2 atom stereocenters. The number of ether oxygens (including phenoxy) is 2. The molecule has 11 heteroatoms. The van der Waals surface area contributed by atoms with Gasteiger partial charge in [-0.1, -0.05) is 30.0 Å². The van der Waals surface area contributed by atoms with Gasteiger partial charge in [0.05, 0.1) is 17.9 Å². The zero-order valence-electron chi connectivity index (χ0n) is 18.4. The lowest BCUT2D eigenvalue weighted by Crippen LogP contribution is -2.23. The van der Waals surface area contributed by atoms with Gasteiger partial charge in [0.1, 0.15) is 0 Å². The molecule has 0 aliphatic rings. The first-order valence-corrected chi connectivity index (χ1v) is 10.8. The van der Waals surface area contributed by atoms with Gasteiger partial charge in [0.25, 0.3) is 0 Å². The molecule has 176 valence electrons. The second-order valence-electron chi connectivity index (χ2n) is 7.14. The number of benzene rings is 2. The predicted octanol–water partition coefficient (Wildman–Crippen LogP) is 5.10. The number of nitrogens with zero attached hydrogens (tertiary/aromatic N) is 3. The molecule has 0 spiro atoms. The lowest BCUT2D eigenvalue weighted by Gasteiger charge is -2.17. The van der Waals surface area contributed by atoms with E-state index in [-0.39, 0.29) is 5.69 Å². The number of hydrogen-bond acceptors (Lipinski definition) is 6. The fraction of sp³-hybridized carbons (Fsp3) is 0.318. The van der Waals surface area contributed by atoms with E-state index in [9.17, 15) is 18.0 Å². The van der Waals surface area contributed by atoms with Crippen LogP contribution in [0.1, 0.15) is 31.3 Å². The lowest BCUT2D eigenvalue weighted by molar-refractivity contribution is -0.137. The Balaban J connectivity index is 1.66. The minimum absolute atomic E-state index is 0.0692. The third-order valence-corrected chi connectivity index (χ3v) is 5.85. The van der Waals surface area contributed by atoms with E-state index in [1.165, 1.54) is 12.1 Å². The van der Waals surface area contributed by atoms with Crippen molar-refractivity contribution in [3.63, 3.8) is 0 Å². The standard InChI is InChI=1S/C22H23F3N4O3S/c1-13(32-18-11-6-5-10-17(18)31-4)19-27-28-21(29(19)3)33-14(2)20(30)26-16-9-7-8-15(12-16)22(23,24)25/h5-14H,1-4H3,(H,26,30). The van der Waals surface area contributed by atoms with E-state index in [0.717, 1.165) is 23.9 Å². The van der Waals surface area contributed by atoms with E-state index < -0.39 is 29.0 Å². The molecule has 0 radical (unpaired) electrons. The average Bonchev–Trinajstić information content (AvgIpc) is 3.13. The van der Waals surface area contributed by atoms with Crippen molar-refractivity contribution < 1.29 is 27.4 Å². The van der Waals surface area contributed by atoms with Crippen LogP contribution in [0.2, 0.25) is 0 Å². The van der Waals surface area contributed by atoms with Crippen molar-refractivity contribution in [2.24, 2.45) is 7.05 Å². The summed E-state index contributed by atoms with van der Waals surface area (Å²) in [4.78, 5) is 12.5. The lowest BCUT2D eigenvalue weighted by atomic mass is 10.2. The average molecular weight is 481 g/mol. The Morgan fingerprint density at radius 1 is 1.09 bits per heavy atom. The molecule has 2 aromatic carbocycles. The molecule has 33 heavy (non-hydrogen) atoms. The van der Waals surface area contributed by atoms with Crippen molar-refractivity contribution in [1.82, 2.24) is 14.8 Å². The van der Waals surface area contributed by atoms with Gasteiger partial charge in [-0.15, -0.1) is 10.2 Å². The Kier molecular flexibility index (Phi) is 7.52. The number of hydrogen-bond donors (Lipinski definition) is 1. The van der Waals surface area contributed by atoms with Crippen LogP contribution in [0.15, 0.2) is 53.7 Å². The number of anilines is 1. The minimum Gasteiger partial charge on any atom is -0.493 e. The minimum atomic E-state index is -4.49. The quantitative estimate of drug-likeness (QED) is 0.452.